The van der Waals surface area contributed by atoms with Crippen molar-refractivity contribution in [2.24, 2.45) is 0 Å². The fourth-order valence-electron chi connectivity index (χ4n) is 1.91. The van der Waals surface area contributed by atoms with Crippen molar-refractivity contribution in [2.75, 3.05) is 12.4 Å². The fourth-order valence-corrected chi connectivity index (χ4v) is 2.01. The highest BCUT2D eigenvalue weighted by Crippen LogP contribution is 2.22. The molecule has 3 nitrogen and oxygen atoms in total. The second-order valence-electron chi connectivity index (χ2n) is 3.81. The van der Waals surface area contributed by atoms with E-state index < -0.39 is 0 Å². The molecule has 0 aliphatic heterocycles. The Morgan fingerprint density at radius 1 is 1.22 bits per heavy atom. The molecule has 0 spiro atoms. The fraction of sp³-hybridized carbons (Fsp3) is 0.143. The van der Waals surface area contributed by atoms with E-state index in [-0.39, 0.29) is 5.91 Å². The molecule has 0 aliphatic rings. The Labute approximate surface area is 110 Å². The number of halogens is 1. The van der Waals surface area contributed by atoms with Gasteiger partial charge in [0.1, 0.15) is 0 Å². The van der Waals surface area contributed by atoms with Gasteiger partial charge >= 0.3 is 0 Å². The number of alkyl halides is 1. The second kappa shape index (κ2) is 5.65. The minimum absolute atomic E-state index is 0.212. The Balaban J connectivity index is 2.56. The maximum absolute atomic E-state index is 12.0. The van der Waals surface area contributed by atoms with E-state index in [0.29, 0.717) is 28.9 Å². The standard InChI is InChI=1S/C14H12ClNO2/c15-7-8-16-14(18)12-6-2-4-10-3-1-5-11(9-17)13(10)12/h1-6,9H,7-8H2,(H,16,18). The van der Waals surface area contributed by atoms with Crippen molar-refractivity contribution < 1.29 is 9.59 Å². The van der Waals surface area contributed by atoms with E-state index in [2.05, 4.69) is 5.32 Å². The first-order chi connectivity index (χ1) is 8.77. The Morgan fingerprint density at radius 2 is 1.94 bits per heavy atom. The summed E-state index contributed by atoms with van der Waals surface area (Å²) in [6.07, 6.45) is 0.765. The molecule has 0 unspecified atom stereocenters. The van der Waals surface area contributed by atoms with Gasteiger partial charge in [0, 0.05) is 28.9 Å². The van der Waals surface area contributed by atoms with Gasteiger partial charge in [0.25, 0.3) is 5.91 Å². The normalized spacial score (nSPS) is 10.3. The lowest BCUT2D eigenvalue weighted by Gasteiger charge is -2.08. The zero-order chi connectivity index (χ0) is 13.0. The van der Waals surface area contributed by atoms with E-state index in [0.717, 1.165) is 11.7 Å². The van der Waals surface area contributed by atoms with E-state index in [1.807, 2.05) is 12.1 Å². The Kier molecular flexibility index (Phi) is 3.95. The number of hydrogen-bond acceptors (Lipinski definition) is 2. The predicted octanol–water partition coefficient (Wildman–Crippen LogP) is 2.62. The van der Waals surface area contributed by atoms with Gasteiger partial charge in [0.2, 0.25) is 0 Å². The monoisotopic (exact) mass is 261 g/mol. The van der Waals surface area contributed by atoms with Gasteiger partial charge < -0.3 is 5.32 Å². The third-order valence-electron chi connectivity index (χ3n) is 2.69. The van der Waals surface area contributed by atoms with E-state index in [4.69, 9.17) is 11.6 Å². The highest BCUT2D eigenvalue weighted by atomic mass is 35.5. The molecule has 92 valence electrons. The van der Waals surface area contributed by atoms with Gasteiger partial charge in [-0.3, -0.25) is 9.59 Å². The summed E-state index contributed by atoms with van der Waals surface area (Å²) in [6, 6.07) is 10.8. The number of nitrogens with one attached hydrogen (secondary N) is 1. The van der Waals surface area contributed by atoms with Crippen LogP contribution in [0.5, 0.6) is 0 Å². The molecule has 2 aromatic rings. The largest absolute Gasteiger partial charge is 0.351 e. The van der Waals surface area contributed by atoms with Crippen molar-refractivity contribution in [2.45, 2.75) is 0 Å². The van der Waals surface area contributed by atoms with Gasteiger partial charge in [-0.05, 0) is 11.5 Å². The molecule has 0 heterocycles. The summed E-state index contributed by atoms with van der Waals surface area (Å²) in [5, 5.41) is 4.26. The Hall–Kier alpha value is -1.87. The maximum Gasteiger partial charge on any atom is 0.251 e. The van der Waals surface area contributed by atoms with Crippen LogP contribution < -0.4 is 5.32 Å². The molecular weight excluding hydrogens is 250 g/mol. The number of fused-ring (bicyclic) bond motifs is 1. The third-order valence-corrected chi connectivity index (χ3v) is 2.88. The van der Waals surface area contributed by atoms with Crippen LogP contribution in [0.15, 0.2) is 36.4 Å². The van der Waals surface area contributed by atoms with Crippen molar-refractivity contribution >= 4 is 34.6 Å². The molecule has 0 aromatic heterocycles. The van der Waals surface area contributed by atoms with Crippen LogP contribution in [0, 0.1) is 0 Å². The first-order valence-corrected chi connectivity index (χ1v) is 6.12. The molecule has 2 aromatic carbocycles. The molecule has 2 rings (SSSR count). The summed E-state index contributed by atoms with van der Waals surface area (Å²) >= 11 is 5.54. The van der Waals surface area contributed by atoms with E-state index in [9.17, 15) is 9.59 Å². The van der Waals surface area contributed by atoms with E-state index in [1.165, 1.54) is 0 Å². The summed E-state index contributed by atoms with van der Waals surface area (Å²) in [7, 11) is 0. The molecule has 0 fully saturated rings. The van der Waals surface area contributed by atoms with Crippen LogP contribution >= 0.6 is 11.6 Å². The van der Waals surface area contributed by atoms with Crippen molar-refractivity contribution in [1.82, 2.24) is 5.32 Å². The molecule has 4 heteroatoms. The van der Waals surface area contributed by atoms with E-state index in [1.54, 1.807) is 24.3 Å². The van der Waals surface area contributed by atoms with Crippen LogP contribution in [-0.4, -0.2) is 24.6 Å². The predicted molar refractivity (Wildman–Crippen MR) is 72.4 cm³/mol. The number of hydrogen-bond donors (Lipinski definition) is 1. The molecule has 1 amide bonds. The summed E-state index contributed by atoms with van der Waals surface area (Å²) in [6.45, 7) is 0.403. The lowest BCUT2D eigenvalue weighted by molar-refractivity contribution is 0.0957. The molecule has 18 heavy (non-hydrogen) atoms. The highest BCUT2D eigenvalue weighted by molar-refractivity contribution is 6.18. The van der Waals surface area contributed by atoms with Gasteiger partial charge in [0.15, 0.2) is 6.29 Å². The topological polar surface area (TPSA) is 46.2 Å². The van der Waals surface area contributed by atoms with Crippen LogP contribution in [0.1, 0.15) is 20.7 Å². The molecule has 0 radical (unpaired) electrons. The maximum atomic E-state index is 12.0. The molecule has 1 N–H and O–H groups in total. The average Bonchev–Trinajstić information content (AvgIpc) is 2.43. The third kappa shape index (κ3) is 2.36. The number of rotatable bonds is 4. The smallest absolute Gasteiger partial charge is 0.251 e. The lowest BCUT2D eigenvalue weighted by Crippen LogP contribution is -2.25. The van der Waals surface area contributed by atoms with Crippen molar-refractivity contribution in [1.29, 1.82) is 0 Å². The van der Waals surface area contributed by atoms with Crippen LogP contribution in [-0.2, 0) is 0 Å². The average molecular weight is 262 g/mol. The number of carbonyl (C=O) groups is 2. The van der Waals surface area contributed by atoms with Gasteiger partial charge in [-0.2, -0.15) is 0 Å². The minimum atomic E-state index is -0.212. The first-order valence-electron chi connectivity index (χ1n) is 5.59. The molecule has 0 saturated carbocycles. The van der Waals surface area contributed by atoms with Crippen LogP contribution in [0.2, 0.25) is 0 Å². The van der Waals surface area contributed by atoms with Crippen LogP contribution in [0.3, 0.4) is 0 Å². The first kappa shape index (κ1) is 12.6. The summed E-state index contributed by atoms with van der Waals surface area (Å²) in [5.74, 6) is 0.146. The quantitative estimate of drug-likeness (QED) is 0.679. The zero-order valence-electron chi connectivity index (χ0n) is 9.65. The van der Waals surface area contributed by atoms with Crippen LogP contribution in [0.25, 0.3) is 10.8 Å². The molecule has 0 saturated heterocycles. The van der Waals surface area contributed by atoms with E-state index >= 15 is 0 Å². The molecule has 0 atom stereocenters. The number of benzene rings is 2. The zero-order valence-corrected chi connectivity index (χ0v) is 10.4. The Morgan fingerprint density at radius 3 is 2.61 bits per heavy atom. The SMILES string of the molecule is O=Cc1cccc2cccc(C(=O)NCCCl)c12. The van der Waals surface area contributed by atoms with Gasteiger partial charge in [-0.25, -0.2) is 0 Å². The van der Waals surface area contributed by atoms with Gasteiger partial charge in [-0.15, -0.1) is 11.6 Å². The lowest BCUT2D eigenvalue weighted by atomic mass is 9.99. The van der Waals surface area contributed by atoms with Crippen molar-refractivity contribution in [3.05, 3.63) is 47.5 Å². The van der Waals surface area contributed by atoms with Crippen LogP contribution in [0.4, 0.5) is 0 Å². The second-order valence-corrected chi connectivity index (χ2v) is 4.19. The molecule has 0 bridgehead atoms. The highest BCUT2D eigenvalue weighted by Gasteiger charge is 2.11. The Bertz CT molecular complexity index is 590. The van der Waals surface area contributed by atoms with Gasteiger partial charge in [-0.1, -0.05) is 30.3 Å². The number of amides is 1. The number of carbonyl (C=O) groups excluding carboxylic acids is 2. The molecular formula is C14H12ClNO2. The van der Waals surface area contributed by atoms with Crippen molar-refractivity contribution in [3.8, 4) is 0 Å². The summed E-state index contributed by atoms with van der Waals surface area (Å²) in [5.41, 5.74) is 1.02. The van der Waals surface area contributed by atoms with Crippen molar-refractivity contribution in [3.63, 3.8) is 0 Å². The molecule has 0 aliphatic carbocycles. The minimum Gasteiger partial charge on any atom is -0.351 e. The van der Waals surface area contributed by atoms with Gasteiger partial charge in [0.05, 0.1) is 0 Å². The number of aldehydes is 1. The summed E-state index contributed by atoms with van der Waals surface area (Å²) < 4.78 is 0. The summed E-state index contributed by atoms with van der Waals surface area (Å²) in [4.78, 5) is 23.1.